The maximum atomic E-state index is 13.1. The van der Waals surface area contributed by atoms with Gasteiger partial charge in [-0.15, -0.1) is 11.3 Å². The van der Waals surface area contributed by atoms with Gasteiger partial charge < -0.3 is 10.2 Å². The van der Waals surface area contributed by atoms with Crippen LogP contribution in [-0.4, -0.2) is 48.0 Å². The van der Waals surface area contributed by atoms with Crippen molar-refractivity contribution in [1.29, 1.82) is 0 Å². The highest BCUT2D eigenvalue weighted by molar-refractivity contribution is 7.13. The Morgan fingerprint density at radius 3 is 2.75 bits per heavy atom. The molecule has 0 bridgehead atoms. The molecule has 1 unspecified atom stereocenters. The molecule has 1 N–H and O–H groups in total. The first kappa shape index (κ1) is 17.1. The van der Waals surface area contributed by atoms with Crippen LogP contribution in [-0.2, 0) is 4.79 Å². The fraction of sp³-hybridized carbons (Fsp3) is 0.375. The van der Waals surface area contributed by atoms with Crippen LogP contribution in [0.2, 0.25) is 5.02 Å². The Bertz CT molecular complexity index is 704. The van der Waals surface area contributed by atoms with Gasteiger partial charge in [0.15, 0.2) is 5.13 Å². The monoisotopic (exact) mass is 368 g/mol. The average Bonchev–Trinajstić information content (AvgIpc) is 3.11. The average molecular weight is 369 g/mol. The van der Waals surface area contributed by atoms with Crippen LogP contribution in [0.25, 0.3) is 0 Å². The van der Waals surface area contributed by atoms with Gasteiger partial charge in [0.1, 0.15) is 5.82 Å². The molecule has 0 saturated carbocycles. The van der Waals surface area contributed by atoms with Crippen LogP contribution in [0.1, 0.15) is 6.92 Å². The fourth-order valence-electron chi connectivity index (χ4n) is 2.67. The van der Waals surface area contributed by atoms with Crippen LogP contribution < -0.4 is 10.2 Å². The van der Waals surface area contributed by atoms with Gasteiger partial charge in [0.25, 0.3) is 0 Å². The molecule has 2 aromatic rings. The third-order valence-electron chi connectivity index (χ3n) is 4.12. The Hall–Kier alpha value is -1.70. The van der Waals surface area contributed by atoms with Crippen molar-refractivity contribution in [2.45, 2.75) is 13.0 Å². The normalized spacial score (nSPS) is 16.9. The summed E-state index contributed by atoms with van der Waals surface area (Å²) < 4.78 is 13.1. The SMILES string of the molecule is CC(C(=O)Nc1ccc(F)cc1Cl)N1CCN(c2nccs2)CC1. The second-order valence-corrected chi connectivity index (χ2v) is 6.91. The Balaban J connectivity index is 1.56. The number of halogens is 2. The number of piperazine rings is 1. The van der Waals surface area contributed by atoms with Crippen molar-refractivity contribution in [2.24, 2.45) is 0 Å². The smallest absolute Gasteiger partial charge is 0.241 e. The molecule has 0 aliphatic carbocycles. The van der Waals surface area contributed by atoms with E-state index < -0.39 is 5.82 Å². The molecule has 1 fully saturated rings. The Kier molecular flexibility index (Phi) is 5.33. The van der Waals surface area contributed by atoms with E-state index >= 15 is 0 Å². The second kappa shape index (κ2) is 7.46. The first-order valence-electron chi connectivity index (χ1n) is 7.69. The molecule has 5 nitrogen and oxygen atoms in total. The standard InChI is InChI=1S/C16H18ClFN4OS/c1-11(15(23)20-14-3-2-12(18)10-13(14)17)21-5-7-22(8-6-21)16-19-4-9-24-16/h2-4,9-11H,5-8H2,1H3,(H,20,23). The minimum Gasteiger partial charge on any atom is -0.346 e. The van der Waals surface area contributed by atoms with Crippen molar-refractivity contribution in [2.75, 3.05) is 36.4 Å². The Morgan fingerprint density at radius 2 is 2.12 bits per heavy atom. The lowest BCUT2D eigenvalue weighted by molar-refractivity contribution is -0.120. The number of benzene rings is 1. The minimum absolute atomic E-state index is 0.147. The molecule has 1 aliphatic heterocycles. The largest absolute Gasteiger partial charge is 0.346 e. The second-order valence-electron chi connectivity index (χ2n) is 5.63. The van der Waals surface area contributed by atoms with E-state index in [0.717, 1.165) is 31.3 Å². The van der Waals surface area contributed by atoms with Crippen molar-refractivity contribution in [1.82, 2.24) is 9.88 Å². The minimum atomic E-state index is -0.427. The van der Waals surface area contributed by atoms with Crippen molar-refractivity contribution >= 4 is 39.7 Å². The van der Waals surface area contributed by atoms with Crippen molar-refractivity contribution in [3.63, 3.8) is 0 Å². The molecular formula is C16H18ClFN4OS. The van der Waals surface area contributed by atoms with Gasteiger partial charge in [0.2, 0.25) is 5.91 Å². The highest BCUT2D eigenvalue weighted by Crippen LogP contribution is 2.23. The zero-order chi connectivity index (χ0) is 17.1. The van der Waals surface area contributed by atoms with Crippen molar-refractivity contribution in [3.05, 3.63) is 40.6 Å². The number of hydrogen-bond donors (Lipinski definition) is 1. The molecule has 1 atom stereocenters. The summed E-state index contributed by atoms with van der Waals surface area (Å²) in [4.78, 5) is 21.1. The number of aromatic nitrogens is 1. The van der Waals surface area contributed by atoms with E-state index in [1.54, 1.807) is 17.5 Å². The van der Waals surface area contributed by atoms with Gasteiger partial charge in [-0.3, -0.25) is 9.69 Å². The molecule has 1 aliphatic rings. The maximum absolute atomic E-state index is 13.1. The Labute approximate surface area is 149 Å². The van der Waals surface area contributed by atoms with E-state index in [-0.39, 0.29) is 17.0 Å². The Morgan fingerprint density at radius 1 is 1.38 bits per heavy atom. The summed E-state index contributed by atoms with van der Waals surface area (Å²) in [7, 11) is 0. The first-order chi connectivity index (χ1) is 11.5. The number of rotatable bonds is 4. The van der Waals surface area contributed by atoms with Crippen LogP contribution in [0, 0.1) is 5.82 Å². The lowest BCUT2D eigenvalue weighted by atomic mass is 10.2. The maximum Gasteiger partial charge on any atom is 0.241 e. The van der Waals surface area contributed by atoms with Gasteiger partial charge in [-0.25, -0.2) is 9.37 Å². The molecule has 3 rings (SSSR count). The molecule has 1 aromatic heterocycles. The third kappa shape index (κ3) is 3.85. The zero-order valence-electron chi connectivity index (χ0n) is 13.2. The number of carbonyl (C=O) groups excluding carboxylic acids is 1. The van der Waals surface area contributed by atoms with E-state index in [1.807, 2.05) is 12.3 Å². The lowest BCUT2D eigenvalue weighted by Gasteiger charge is -2.37. The van der Waals surface area contributed by atoms with E-state index in [0.29, 0.717) is 5.69 Å². The summed E-state index contributed by atoms with van der Waals surface area (Å²) in [5.41, 5.74) is 0.427. The fourth-order valence-corrected chi connectivity index (χ4v) is 3.58. The van der Waals surface area contributed by atoms with Gasteiger partial charge in [-0.1, -0.05) is 11.6 Å². The third-order valence-corrected chi connectivity index (χ3v) is 5.27. The summed E-state index contributed by atoms with van der Waals surface area (Å²) >= 11 is 7.58. The molecule has 0 spiro atoms. The summed E-state index contributed by atoms with van der Waals surface area (Å²) in [5.74, 6) is -0.574. The molecule has 2 heterocycles. The lowest BCUT2D eigenvalue weighted by Crippen LogP contribution is -2.52. The molecule has 8 heteroatoms. The highest BCUT2D eigenvalue weighted by atomic mass is 35.5. The number of anilines is 2. The number of nitrogens with zero attached hydrogens (tertiary/aromatic N) is 3. The predicted molar refractivity (Wildman–Crippen MR) is 95.4 cm³/mol. The first-order valence-corrected chi connectivity index (χ1v) is 8.95. The van der Waals surface area contributed by atoms with Crippen LogP contribution in [0.4, 0.5) is 15.2 Å². The van der Waals surface area contributed by atoms with E-state index in [1.165, 1.54) is 18.2 Å². The highest BCUT2D eigenvalue weighted by Gasteiger charge is 2.26. The van der Waals surface area contributed by atoms with E-state index in [4.69, 9.17) is 11.6 Å². The van der Waals surface area contributed by atoms with Gasteiger partial charge in [0.05, 0.1) is 16.8 Å². The number of nitrogens with one attached hydrogen (secondary N) is 1. The predicted octanol–water partition coefficient (Wildman–Crippen LogP) is 3.08. The van der Waals surface area contributed by atoms with E-state index in [2.05, 4.69) is 20.1 Å². The molecular weight excluding hydrogens is 351 g/mol. The topological polar surface area (TPSA) is 48.5 Å². The summed E-state index contributed by atoms with van der Waals surface area (Å²) in [5, 5.41) is 5.95. The molecule has 24 heavy (non-hydrogen) atoms. The molecule has 1 saturated heterocycles. The van der Waals surface area contributed by atoms with Crippen LogP contribution >= 0.6 is 22.9 Å². The van der Waals surface area contributed by atoms with Crippen molar-refractivity contribution in [3.8, 4) is 0 Å². The zero-order valence-corrected chi connectivity index (χ0v) is 14.8. The van der Waals surface area contributed by atoms with Crippen LogP contribution in [0.5, 0.6) is 0 Å². The number of hydrogen-bond acceptors (Lipinski definition) is 5. The van der Waals surface area contributed by atoms with Gasteiger partial charge in [-0.2, -0.15) is 0 Å². The molecule has 128 valence electrons. The summed E-state index contributed by atoms with van der Waals surface area (Å²) in [6.45, 7) is 5.10. The van der Waals surface area contributed by atoms with Gasteiger partial charge >= 0.3 is 0 Å². The van der Waals surface area contributed by atoms with Crippen LogP contribution in [0.3, 0.4) is 0 Å². The summed E-state index contributed by atoms with van der Waals surface area (Å²) in [6.07, 6.45) is 1.80. The van der Waals surface area contributed by atoms with Gasteiger partial charge in [-0.05, 0) is 25.1 Å². The molecule has 1 aromatic carbocycles. The van der Waals surface area contributed by atoms with Gasteiger partial charge in [0, 0.05) is 37.8 Å². The number of amides is 1. The molecule has 1 amide bonds. The number of carbonyl (C=O) groups is 1. The number of thiazole rings is 1. The van der Waals surface area contributed by atoms with E-state index in [9.17, 15) is 9.18 Å². The summed E-state index contributed by atoms with van der Waals surface area (Å²) in [6, 6.07) is 3.65. The van der Waals surface area contributed by atoms with Crippen LogP contribution in [0.15, 0.2) is 29.8 Å². The van der Waals surface area contributed by atoms with Crippen molar-refractivity contribution < 1.29 is 9.18 Å². The molecule has 0 radical (unpaired) electrons. The quantitative estimate of drug-likeness (QED) is 0.901.